The molecule has 1 unspecified atom stereocenters. The Morgan fingerprint density at radius 3 is 2.79 bits per heavy atom. The Hall–Kier alpha value is -2.25. The maximum absolute atomic E-state index is 12.1. The Bertz CT molecular complexity index is 528. The van der Waals surface area contributed by atoms with Gasteiger partial charge in [0.2, 0.25) is 6.10 Å². The molecule has 1 aliphatic rings. The van der Waals surface area contributed by atoms with Crippen LogP contribution in [0.1, 0.15) is 12.0 Å². The van der Waals surface area contributed by atoms with E-state index in [0.29, 0.717) is 11.3 Å². The Morgan fingerprint density at radius 1 is 1.47 bits per heavy atom. The van der Waals surface area contributed by atoms with Crippen molar-refractivity contribution in [2.75, 3.05) is 0 Å². The zero-order chi connectivity index (χ0) is 14.0. The van der Waals surface area contributed by atoms with Gasteiger partial charge in [-0.15, -0.1) is 13.2 Å². The number of carbonyl (C=O) groups is 1. The summed E-state index contributed by atoms with van der Waals surface area (Å²) in [6, 6.07) is 5.25. The predicted octanol–water partition coefficient (Wildman–Crippen LogP) is 1.56. The molecule has 8 heteroatoms. The molecule has 1 aliphatic heterocycles. The Balaban J connectivity index is 2.14. The molecule has 1 amide bonds. The van der Waals surface area contributed by atoms with Crippen LogP contribution in [0.4, 0.5) is 13.2 Å². The van der Waals surface area contributed by atoms with Crippen LogP contribution in [0.5, 0.6) is 5.75 Å². The summed E-state index contributed by atoms with van der Waals surface area (Å²) in [4.78, 5) is 15.7. The van der Waals surface area contributed by atoms with E-state index in [-0.39, 0.29) is 12.2 Å². The van der Waals surface area contributed by atoms with E-state index in [0.717, 1.165) is 0 Å². The number of oxime groups is 1. The fourth-order valence-electron chi connectivity index (χ4n) is 1.57. The van der Waals surface area contributed by atoms with E-state index in [1.807, 2.05) is 0 Å². The van der Waals surface area contributed by atoms with Gasteiger partial charge in [-0.05, 0) is 12.1 Å². The van der Waals surface area contributed by atoms with Crippen LogP contribution < -0.4 is 10.5 Å². The van der Waals surface area contributed by atoms with E-state index in [4.69, 9.17) is 10.6 Å². The average molecular weight is 274 g/mol. The molecule has 0 bridgehead atoms. The summed E-state index contributed by atoms with van der Waals surface area (Å²) in [7, 11) is 0. The number of nitrogens with zero attached hydrogens (tertiary/aromatic N) is 1. The minimum Gasteiger partial charge on any atom is -0.406 e. The van der Waals surface area contributed by atoms with Gasteiger partial charge in [-0.3, -0.25) is 4.79 Å². The summed E-state index contributed by atoms with van der Waals surface area (Å²) in [5.74, 6) is -1.04. The van der Waals surface area contributed by atoms with Crippen LogP contribution in [-0.2, 0) is 9.63 Å². The summed E-state index contributed by atoms with van der Waals surface area (Å²) >= 11 is 0. The van der Waals surface area contributed by atoms with Crippen molar-refractivity contribution in [1.29, 1.82) is 0 Å². The van der Waals surface area contributed by atoms with Crippen LogP contribution in [-0.4, -0.2) is 24.1 Å². The number of carbonyl (C=O) groups excluding carboxylic acids is 1. The molecule has 19 heavy (non-hydrogen) atoms. The SMILES string of the molecule is NC(=O)C1CC(c2cccc(OC(F)(F)F)c2)=NO1. The molecule has 5 nitrogen and oxygen atoms in total. The van der Waals surface area contributed by atoms with Gasteiger partial charge in [0.05, 0.1) is 5.71 Å². The quantitative estimate of drug-likeness (QED) is 0.909. The van der Waals surface area contributed by atoms with Gasteiger partial charge in [0.15, 0.2) is 0 Å². The van der Waals surface area contributed by atoms with E-state index in [9.17, 15) is 18.0 Å². The third-order valence-electron chi connectivity index (χ3n) is 2.39. The zero-order valence-corrected chi connectivity index (χ0v) is 9.48. The van der Waals surface area contributed by atoms with Crippen LogP contribution in [0.25, 0.3) is 0 Å². The van der Waals surface area contributed by atoms with Crippen molar-refractivity contribution in [2.45, 2.75) is 18.9 Å². The van der Waals surface area contributed by atoms with Crippen LogP contribution in [0.3, 0.4) is 0 Å². The second-order valence-electron chi connectivity index (χ2n) is 3.81. The summed E-state index contributed by atoms with van der Waals surface area (Å²) in [6.07, 6.45) is -5.53. The summed E-state index contributed by atoms with van der Waals surface area (Å²) in [5, 5.41) is 3.63. The minimum atomic E-state index is -4.76. The molecule has 0 saturated heterocycles. The molecule has 2 N–H and O–H groups in total. The Morgan fingerprint density at radius 2 is 2.21 bits per heavy atom. The molecule has 0 aliphatic carbocycles. The average Bonchev–Trinajstić information content (AvgIpc) is 2.76. The van der Waals surface area contributed by atoms with Crippen molar-refractivity contribution < 1.29 is 27.5 Å². The standard InChI is InChI=1S/C11H9F3N2O3/c12-11(13,14)18-7-3-1-2-6(4-7)8-5-9(10(15)17)19-16-8/h1-4,9H,5H2,(H2,15,17). The molecule has 2 rings (SSSR count). The van der Waals surface area contributed by atoms with Crippen molar-refractivity contribution in [3.05, 3.63) is 29.8 Å². The van der Waals surface area contributed by atoms with E-state index in [1.165, 1.54) is 24.3 Å². The smallest absolute Gasteiger partial charge is 0.406 e. The topological polar surface area (TPSA) is 73.9 Å². The van der Waals surface area contributed by atoms with E-state index < -0.39 is 18.4 Å². The lowest BCUT2D eigenvalue weighted by atomic mass is 10.0. The van der Waals surface area contributed by atoms with Gasteiger partial charge in [-0.2, -0.15) is 0 Å². The molecule has 1 aromatic carbocycles. The Kier molecular flexibility index (Phi) is 3.32. The molecule has 0 saturated carbocycles. The number of halogens is 3. The third-order valence-corrected chi connectivity index (χ3v) is 2.39. The van der Waals surface area contributed by atoms with Gasteiger partial charge in [-0.25, -0.2) is 0 Å². The molecule has 0 spiro atoms. The zero-order valence-electron chi connectivity index (χ0n) is 9.48. The van der Waals surface area contributed by atoms with Gasteiger partial charge < -0.3 is 15.3 Å². The first-order chi connectivity index (χ1) is 8.85. The largest absolute Gasteiger partial charge is 0.573 e. The maximum Gasteiger partial charge on any atom is 0.573 e. The first-order valence-corrected chi connectivity index (χ1v) is 5.23. The number of primary amides is 1. The normalized spacial score (nSPS) is 18.7. The van der Waals surface area contributed by atoms with E-state index in [1.54, 1.807) is 0 Å². The Labute approximate surface area is 105 Å². The summed E-state index contributed by atoms with van der Waals surface area (Å²) in [5.41, 5.74) is 5.76. The van der Waals surface area contributed by atoms with Crippen LogP contribution in [0.15, 0.2) is 29.4 Å². The number of nitrogens with two attached hydrogens (primary N) is 1. The lowest BCUT2D eigenvalue weighted by Crippen LogP contribution is -2.28. The lowest BCUT2D eigenvalue weighted by Gasteiger charge is -2.09. The second-order valence-corrected chi connectivity index (χ2v) is 3.81. The fraction of sp³-hybridized carbons (Fsp3) is 0.273. The number of rotatable bonds is 3. The highest BCUT2D eigenvalue weighted by atomic mass is 19.4. The van der Waals surface area contributed by atoms with E-state index >= 15 is 0 Å². The van der Waals surface area contributed by atoms with Gasteiger partial charge in [0.25, 0.3) is 5.91 Å². The van der Waals surface area contributed by atoms with Crippen LogP contribution in [0, 0.1) is 0 Å². The third kappa shape index (κ3) is 3.36. The molecular formula is C11H9F3N2O3. The van der Waals surface area contributed by atoms with Crippen LogP contribution >= 0.6 is 0 Å². The molecular weight excluding hydrogens is 265 g/mol. The first-order valence-electron chi connectivity index (χ1n) is 5.23. The summed E-state index contributed by atoms with van der Waals surface area (Å²) < 4.78 is 40.0. The second kappa shape index (κ2) is 4.79. The molecule has 0 fully saturated rings. The minimum absolute atomic E-state index is 0.116. The molecule has 102 valence electrons. The summed E-state index contributed by atoms with van der Waals surface area (Å²) in [6.45, 7) is 0. The number of amides is 1. The highest BCUT2D eigenvalue weighted by Gasteiger charge is 2.32. The van der Waals surface area contributed by atoms with Gasteiger partial charge >= 0.3 is 6.36 Å². The first kappa shape index (κ1) is 13.2. The molecule has 1 aromatic rings. The lowest BCUT2D eigenvalue weighted by molar-refractivity contribution is -0.274. The van der Waals surface area contributed by atoms with Crippen molar-refractivity contribution in [1.82, 2.24) is 0 Å². The highest BCUT2D eigenvalue weighted by molar-refractivity contribution is 6.04. The van der Waals surface area contributed by atoms with E-state index in [2.05, 4.69) is 9.89 Å². The van der Waals surface area contributed by atoms with Crippen LogP contribution in [0.2, 0.25) is 0 Å². The van der Waals surface area contributed by atoms with Crippen molar-refractivity contribution >= 4 is 11.6 Å². The molecule has 1 heterocycles. The van der Waals surface area contributed by atoms with Gasteiger partial charge in [-0.1, -0.05) is 17.3 Å². The molecule has 0 radical (unpaired) electrons. The number of alkyl halides is 3. The number of hydrogen-bond acceptors (Lipinski definition) is 4. The fourth-order valence-corrected chi connectivity index (χ4v) is 1.57. The number of ether oxygens (including phenoxy) is 1. The number of benzene rings is 1. The van der Waals surface area contributed by atoms with Crippen molar-refractivity contribution in [2.24, 2.45) is 10.9 Å². The molecule has 0 aromatic heterocycles. The highest BCUT2D eigenvalue weighted by Crippen LogP contribution is 2.25. The maximum atomic E-state index is 12.1. The van der Waals surface area contributed by atoms with Gasteiger partial charge in [0.1, 0.15) is 5.75 Å². The molecule has 1 atom stereocenters. The number of hydrogen-bond donors (Lipinski definition) is 1. The van der Waals surface area contributed by atoms with Crippen molar-refractivity contribution in [3.63, 3.8) is 0 Å². The van der Waals surface area contributed by atoms with Crippen molar-refractivity contribution in [3.8, 4) is 5.75 Å². The predicted molar refractivity (Wildman–Crippen MR) is 58.3 cm³/mol. The van der Waals surface area contributed by atoms with Gasteiger partial charge in [0, 0.05) is 12.0 Å². The monoisotopic (exact) mass is 274 g/mol.